The summed E-state index contributed by atoms with van der Waals surface area (Å²) in [5, 5.41) is 13.8. The highest BCUT2D eigenvalue weighted by Crippen LogP contribution is 2.58. The Kier molecular flexibility index (Phi) is 2.99. The zero-order valence-corrected chi connectivity index (χ0v) is 15.8. The van der Waals surface area contributed by atoms with Gasteiger partial charge >= 0.3 is 5.97 Å². The molecule has 3 aromatic rings. The molecule has 2 aromatic carbocycles. The zero-order chi connectivity index (χ0) is 19.1. The number of nitrogens with zero attached hydrogens (tertiary/aromatic N) is 2. The molecule has 0 unspecified atom stereocenters. The van der Waals surface area contributed by atoms with Crippen molar-refractivity contribution in [3.8, 4) is 16.9 Å². The number of carbonyl (C=O) groups is 1. The number of benzene rings is 2. The first-order valence-electron chi connectivity index (χ1n) is 8.11. The maximum absolute atomic E-state index is 13.2. The van der Waals surface area contributed by atoms with Crippen molar-refractivity contribution in [2.24, 2.45) is 0 Å². The Bertz CT molecular complexity index is 1310. The second kappa shape index (κ2) is 4.93. The van der Waals surface area contributed by atoms with Crippen molar-refractivity contribution in [2.45, 2.75) is 20.4 Å². The van der Waals surface area contributed by atoms with Crippen molar-refractivity contribution in [3.63, 3.8) is 0 Å². The molecule has 0 amide bonds. The highest BCUT2D eigenvalue weighted by molar-refractivity contribution is 8.04. The molecule has 138 valence electrons. The normalized spacial score (nSPS) is 16.9. The van der Waals surface area contributed by atoms with Gasteiger partial charge in [-0.3, -0.25) is 4.21 Å². The van der Waals surface area contributed by atoms with E-state index in [0.29, 0.717) is 16.9 Å². The molecule has 0 radical (unpaired) electrons. The number of thiol groups is 1. The largest absolute Gasteiger partial charge is 0.476 e. The number of sulfone groups is 1. The fraction of sp³-hybridized carbons (Fsp3) is 0.111. The molecule has 0 atom stereocenters. The van der Waals surface area contributed by atoms with Crippen LogP contribution in [-0.2, 0) is 25.5 Å². The lowest BCUT2D eigenvalue weighted by Crippen LogP contribution is -2.32. The lowest BCUT2D eigenvalue weighted by molar-refractivity contribution is 0.0689. The predicted octanol–water partition coefficient (Wildman–Crippen LogP) is 1.90. The molecule has 0 fully saturated rings. The van der Waals surface area contributed by atoms with E-state index in [1.165, 1.54) is 16.8 Å². The Morgan fingerprint density at radius 1 is 1.19 bits per heavy atom. The van der Waals surface area contributed by atoms with Gasteiger partial charge in [-0.25, -0.2) is 17.9 Å². The van der Waals surface area contributed by atoms with Crippen LogP contribution in [0.15, 0.2) is 57.2 Å². The number of rotatable bonds is 3. The summed E-state index contributed by atoms with van der Waals surface area (Å²) in [7, 11) is -6.16. The first-order chi connectivity index (χ1) is 12.7. The minimum atomic E-state index is -3.43. The molecule has 2 aliphatic heterocycles. The number of fused-ring (bicyclic) bond motifs is 2. The molecule has 0 aliphatic carbocycles. The van der Waals surface area contributed by atoms with Gasteiger partial charge in [0.2, 0.25) is 0 Å². The molecule has 1 aromatic heterocycles. The van der Waals surface area contributed by atoms with Crippen LogP contribution >= 0.6 is 0 Å². The van der Waals surface area contributed by atoms with Crippen molar-refractivity contribution < 1.29 is 22.5 Å². The molecular formula is C18H14N2O5S2. The highest BCUT2D eigenvalue weighted by atomic mass is 32.2. The summed E-state index contributed by atoms with van der Waals surface area (Å²) in [5.74, 6) is -1.07. The van der Waals surface area contributed by atoms with Crippen molar-refractivity contribution in [1.29, 1.82) is 0 Å². The molecule has 3 heterocycles. The second-order valence-corrected chi connectivity index (χ2v) is 11.5. The first-order valence-corrected chi connectivity index (χ1v) is 11.9. The fourth-order valence-electron chi connectivity index (χ4n) is 3.90. The fourth-order valence-corrected chi connectivity index (χ4v) is 7.57. The third kappa shape index (κ3) is 2.00. The van der Waals surface area contributed by atoms with E-state index < -0.39 is 25.7 Å². The second-order valence-electron chi connectivity index (χ2n) is 6.73. The van der Waals surface area contributed by atoms with E-state index in [4.69, 9.17) is 0 Å². The molecule has 0 saturated carbocycles. The number of carboxylic acid groups (broad SMARTS) is 1. The lowest BCUT2D eigenvalue weighted by Gasteiger charge is -2.42. The van der Waals surface area contributed by atoms with Gasteiger partial charge in [0, 0.05) is 32.9 Å². The number of aromatic carboxylic acids is 1. The van der Waals surface area contributed by atoms with E-state index in [1.54, 1.807) is 24.3 Å². The Morgan fingerprint density at radius 3 is 2.48 bits per heavy atom. The van der Waals surface area contributed by atoms with Gasteiger partial charge in [0.15, 0.2) is 15.5 Å². The van der Waals surface area contributed by atoms with Gasteiger partial charge in [-0.05, 0) is 30.3 Å². The molecule has 2 aliphatic rings. The Morgan fingerprint density at radius 2 is 1.85 bits per heavy atom. The third-order valence-electron chi connectivity index (χ3n) is 5.09. The molecule has 4 bridgehead atoms. The summed E-state index contributed by atoms with van der Waals surface area (Å²) in [6, 6.07) is 11.6. The van der Waals surface area contributed by atoms with Crippen molar-refractivity contribution >= 4 is 25.7 Å². The van der Waals surface area contributed by atoms with Crippen LogP contribution in [0.1, 0.15) is 16.1 Å². The maximum atomic E-state index is 13.2. The van der Waals surface area contributed by atoms with Crippen LogP contribution in [0.2, 0.25) is 0 Å². The van der Waals surface area contributed by atoms with Crippen LogP contribution in [-0.4, -0.2) is 39.7 Å². The van der Waals surface area contributed by atoms with Gasteiger partial charge < -0.3 is 5.11 Å². The number of hydrogen-bond donors (Lipinski definition) is 2. The SMILES string of the molecule is CS(=O)(=O)c1cccc(-n2nc(C(=O)O)c3c2-c2c4cccc2[SH]4(=O)C3)c1. The lowest BCUT2D eigenvalue weighted by atomic mass is 10.0. The van der Waals surface area contributed by atoms with E-state index in [0.717, 1.165) is 21.6 Å². The minimum absolute atomic E-state index is 0.119. The van der Waals surface area contributed by atoms with Crippen molar-refractivity contribution in [3.05, 3.63) is 53.7 Å². The highest BCUT2D eigenvalue weighted by Gasteiger charge is 2.47. The van der Waals surface area contributed by atoms with Crippen LogP contribution in [0.5, 0.6) is 0 Å². The summed E-state index contributed by atoms with van der Waals surface area (Å²) in [4.78, 5) is 13.3. The van der Waals surface area contributed by atoms with Crippen molar-refractivity contribution in [2.75, 3.05) is 6.26 Å². The van der Waals surface area contributed by atoms with Gasteiger partial charge in [0.1, 0.15) is 0 Å². The van der Waals surface area contributed by atoms with Gasteiger partial charge in [-0.2, -0.15) is 5.10 Å². The summed E-state index contributed by atoms with van der Waals surface area (Å²) < 4.78 is 38.5. The Balaban J connectivity index is 1.83. The van der Waals surface area contributed by atoms with E-state index in [9.17, 15) is 22.5 Å². The minimum Gasteiger partial charge on any atom is -0.476 e. The van der Waals surface area contributed by atoms with E-state index in [-0.39, 0.29) is 16.3 Å². The molecule has 7 nitrogen and oxygen atoms in total. The summed E-state index contributed by atoms with van der Waals surface area (Å²) in [6.07, 6.45) is 1.11. The first kappa shape index (κ1) is 16.4. The summed E-state index contributed by atoms with van der Waals surface area (Å²) in [6.45, 7) is 0. The quantitative estimate of drug-likeness (QED) is 0.648. The van der Waals surface area contributed by atoms with Gasteiger partial charge in [0.05, 0.1) is 16.3 Å². The van der Waals surface area contributed by atoms with Crippen LogP contribution < -0.4 is 0 Å². The van der Waals surface area contributed by atoms with Crippen LogP contribution in [0, 0.1) is 0 Å². The standard InChI is InChI=1S/C18H14N2O5S2/c1-26(23,24)11-5-2-4-10(8-11)20-17-12(16(19-20)18(21)22)9-27(25)13-6-3-7-14(27)15(13)17/h2-8,27H,9H2,1H3,(H,21,22). The molecule has 1 N–H and O–H groups in total. The Hall–Kier alpha value is -2.78. The maximum Gasteiger partial charge on any atom is 0.356 e. The molecular weight excluding hydrogens is 388 g/mol. The topological polar surface area (TPSA) is 106 Å². The van der Waals surface area contributed by atoms with E-state index >= 15 is 0 Å². The molecule has 5 rings (SSSR count). The molecule has 9 heteroatoms. The Labute approximate surface area is 155 Å². The van der Waals surface area contributed by atoms with Crippen LogP contribution in [0.3, 0.4) is 0 Å². The van der Waals surface area contributed by atoms with Crippen molar-refractivity contribution in [1.82, 2.24) is 9.78 Å². The third-order valence-corrected chi connectivity index (χ3v) is 9.27. The number of hydrogen-bond acceptors (Lipinski definition) is 5. The van der Waals surface area contributed by atoms with Gasteiger partial charge in [-0.15, -0.1) is 0 Å². The van der Waals surface area contributed by atoms with E-state index in [2.05, 4.69) is 5.10 Å². The summed E-state index contributed by atoms with van der Waals surface area (Å²) >= 11 is 0. The number of aromatic nitrogens is 2. The smallest absolute Gasteiger partial charge is 0.356 e. The molecule has 0 saturated heterocycles. The van der Waals surface area contributed by atoms with Gasteiger partial charge in [-0.1, -0.05) is 22.1 Å². The average molecular weight is 402 g/mol. The number of carboxylic acids is 1. The molecule has 27 heavy (non-hydrogen) atoms. The van der Waals surface area contributed by atoms with Gasteiger partial charge in [0.25, 0.3) is 0 Å². The van der Waals surface area contributed by atoms with E-state index in [1.807, 2.05) is 6.07 Å². The predicted molar refractivity (Wildman–Crippen MR) is 98.8 cm³/mol. The summed E-state index contributed by atoms with van der Waals surface area (Å²) in [5.41, 5.74) is 2.09. The monoisotopic (exact) mass is 402 g/mol. The zero-order valence-electron chi connectivity index (χ0n) is 14.1. The molecule has 0 spiro atoms. The van der Waals surface area contributed by atoms with Crippen LogP contribution in [0.4, 0.5) is 0 Å². The van der Waals surface area contributed by atoms with Crippen LogP contribution in [0.25, 0.3) is 16.9 Å². The average Bonchev–Trinajstić information content (AvgIpc) is 3.01.